The molecule has 0 aromatic heterocycles. The summed E-state index contributed by atoms with van der Waals surface area (Å²) in [5.41, 5.74) is 10.0. The van der Waals surface area contributed by atoms with Crippen LogP contribution >= 0.6 is 0 Å². The van der Waals surface area contributed by atoms with Gasteiger partial charge in [0.1, 0.15) is 11.5 Å². The Morgan fingerprint density at radius 2 is 1.07 bits per heavy atom. The van der Waals surface area contributed by atoms with Crippen LogP contribution in [0.5, 0.6) is 11.5 Å². The van der Waals surface area contributed by atoms with Crippen molar-refractivity contribution >= 4 is 0 Å². The first-order valence-electron chi connectivity index (χ1n) is 14.1. The number of aliphatic hydroxyl groups is 4. The second-order valence-corrected chi connectivity index (χ2v) is 10.4. The van der Waals surface area contributed by atoms with Gasteiger partial charge in [-0.25, -0.2) is 0 Å². The molecule has 3 rings (SSSR count). The zero-order valence-electron chi connectivity index (χ0n) is 23.1. The maximum absolute atomic E-state index is 11.0. The van der Waals surface area contributed by atoms with Gasteiger partial charge in [0.05, 0.1) is 25.4 Å². The minimum absolute atomic E-state index is 0.0265. The van der Waals surface area contributed by atoms with Crippen LogP contribution in [0.2, 0.25) is 0 Å². The van der Waals surface area contributed by atoms with Gasteiger partial charge in [-0.3, -0.25) is 4.90 Å². The number of benzene rings is 3. The summed E-state index contributed by atoms with van der Waals surface area (Å²) in [5, 5.41) is 60.7. The molecule has 0 aliphatic carbocycles. The van der Waals surface area contributed by atoms with Crippen molar-refractivity contribution in [1.29, 1.82) is 0 Å². The molecule has 0 radical (unpaired) electrons. The van der Waals surface area contributed by atoms with Crippen LogP contribution in [0.4, 0.5) is 0 Å². The van der Waals surface area contributed by atoms with Crippen molar-refractivity contribution in [2.45, 2.75) is 63.9 Å². The SMILES string of the molecule is NCCCCc1ccc(CCCCN(CC(O)c2ccc(O)c(CO)c2)CC(O)c2ccc(O)c(CO)c2)cc1. The molecule has 218 valence electrons. The average molecular weight is 553 g/mol. The Hall–Kier alpha value is -2.98. The summed E-state index contributed by atoms with van der Waals surface area (Å²) in [7, 11) is 0. The standard InChI is InChI=1S/C32H44N2O6/c33-15-3-1-5-23-7-9-24(10-8-23)6-2-4-16-34(19-31(39)25-11-13-29(37)27(17-25)21-35)20-32(40)26-12-14-30(38)28(18-26)22-36/h7-14,17-18,31-32,35-40H,1-6,15-16,19-22,33H2. The van der Waals surface area contributed by atoms with Crippen LogP contribution in [0, 0.1) is 0 Å². The van der Waals surface area contributed by atoms with Crippen molar-refractivity contribution in [1.82, 2.24) is 4.90 Å². The van der Waals surface area contributed by atoms with Crippen LogP contribution in [-0.2, 0) is 26.1 Å². The van der Waals surface area contributed by atoms with Gasteiger partial charge in [-0.05, 0) is 98.1 Å². The van der Waals surface area contributed by atoms with Gasteiger partial charge in [-0.15, -0.1) is 0 Å². The molecular weight excluding hydrogens is 508 g/mol. The van der Waals surface area contributed by atoms with Crippen LogP contribution < -0.4 is 5.73 Å². The lowest BCUT2D eigenvalue weighted by Gasteiger charge is -2.28. The average Bonchev–Trinajstić information content (AvgIpc) is 2.96. The van der Waals surface area contributed by atoms with Crippen molar-refractivity contribution < 1.29 is 30.6 Å². The zero-order chi connectivity index (χ0) is 28.9. The van der Waals surface area contributed by atoms with Crippen LogP contribution in [0.15, 0.2) is 60.7 Å². The van der Waals surface area contributed by atoms with Crippen molar-refractivity contribution in [3.05, 3.63) is 94.0 Å². The second kappa shape index (κ2) is 16.3. The lowest BCUT2D eigenvalue weighted by Crippen LogP contribution is -2.33. The Morgan fingerprint density at radius 3 is 1.50 bits per heavy atom. The molecule has 8 nitrogen and oxygen atoms in total. The Labute approximate surface area is 237 Å². The minimum Gasteiger partial charge on any atom is -0.508 e. The molecule has 0 bridgehead atoms. The highest BCUT2D eigenvalue weighted by Crippen LogP contribution is 2.26. The van der Waals surface area contributed by atoms with Crippen LogP contribution in [0.1, 0.15) is 71.3 Å². The highest BCUT2D eigenvalue weighted by molar-refractivity contribution is 5.37. The van der Waals surface area contributed by atoms with E-state index >= 15 is 0 Å². The number of phenols is 2. The normalized spacial score (nSPS) is 13.1. The molecule has 2 unspecified atom stereocenters. The van der Waals surface area contributed by atoms with E-state index in [4.69, 9.17) is 5.73 Å². The van der Waals surface area contributed by atoms with Gasteiger partial charge >= 0.3 is 0 Å². The predicted molar refractivity (Wildman–Crippen MR) is 156 cm³/mol. The Balaban J connectivity index is 1.63. The van der Waals surface area contributed by atoms with Crippen LogP contribution in [0.25, 0.3) is 0 Å². The summed E-state index contributed by atoms with van der Waals surface area (Å²) in [5.74, 6) is -0.0531. The summed E-state index contributed by atoms with van der Waals surface area (Å²) in [6.45, 7) is 1.18. The van der Waals surface area contributed by atoms with Crippen LogP contribution in [0.3, 0.4) is 0 Å². The lowest BCUT2D eigenvalue weighted by atomic mass is 10.0. The number of hydrogen-bond donors (Lipinski definition) is 7. The first kappa shape index (κ1) is 31.5. The van der Waals surface area contributed by atoms with Crippen LogP contribution in [-0.4, -0.2) is 61.7 Å². The smallest absolute Gasteiger partial charge is 0.121 e. The monoisotopic (exact) mass is 552 g/mol. The first-order valence-corrected chi connectivity index (χ1v) is 14.1. The Kier molecular flexibility index (Phi) is 12.9. The molecule has 8 heteroatoms. The molecule has 8 N–H and O–H groups in total. The highest BCUT2D eigenvalue weighted by Gasteiger charge is 2.19. The van der Waals surface area contributed by atoms with Gasteiger partial charge in [0.15, 0.2) is 0 Å². The van der Waals surface area contributed by atoms with E-state index in [2.05, 4.69) is 24.3 Å². The van der Waals surface area contributed by atoms with Crippen molar-refractivity contribution in [2.24, 2.45) is 5.73 Å². The first-order chi connectivity index (χ1) is 19.3. The third-order valence-electron chi connectivity index (χ3n) is 7.31. The Bertz CT molecular complexity index is 1110. The quantitative estimate of drug-likeness (QED) is 0.126. The summed E-state index contributed by atoms with van der Waals surface area (Å²) >= 11 is 0. The van der Waals surface area contributed by atoms with Crippen molar-refractivity contribution in [2.75, 3.05) is 26.2 Å². The fourth-order valence-electron chi connectivity index (χ4n) is 4.85. The number of nitrogens with zero attached hydrogens (tertiary/aromatic N) is 1. The van der Waals surface area contributed by atoms with E-state index in [9.17, 15) is 30.6 Å². The van der Waals surface area contributed by atoms with E-state index in [0.717, 1.165) is 45.1 Å². The number of unbranched alkanes of at least 4 members (excludes halogenated alkanes) is 2. The topological polar surface area (TPSA) is 151 Å². The molecule has 0 spiro atoms. The third kappa shape index (κ3) is 9.59. The van der Waals surface area contributed by atoms with E-state index in [1.807, 2.05) is 4.90 Å². The largest absolute Gasteiger partial charge is 0.508 e. The van der Waals surface area contributed by atoms with E-state index < -0.39 is 12.2 Å². The lowest BCUT2D eigenvalue weighted by molar-refractivity contribution is 0.0677. The summed E-state index contributed by atoms with van der Waals surface area (Å²) in [6.07, 6.45) is 4.11. The molecule has 2 atom stereocenters. The fraction of sp³-hybridized carbons (Fsp3) is 0.438. The molecular formula is C32H44N2O6. The van der Waals surface area contributed by atoms with Gasteiger partial charge in [-0.1, -0.05) is 36.4 Å². The minimum atomic E-state index is -0.891. The molecule has 3 aromatic carbocycles. The van der Waals surface area contributed by atoms with E-state index in [1.165, 1.54) is 23.3 Å². The van der Waals surface area contributed by atoms with Crippen molar-refractivity contribution in [3.63, 3.8) is 0 Å². The van der Waals surface area contributed by atoms with Gasteiger partial charge in [0, 0.05) is 24.2 Å². The van der Waals surface area contributed by atoms with E-state index in [1.54, 1.807) is 24.3 Å². The van der Waals surface area contributed by atoms with E-state index in [-0.39, 0.29) is 37.8 Å². The number of aliphatic hydroxyl groups excluding tert-OH is 4. The molecule has 0 fully saturated rings. The van der Waals surface area contributed by atoms with Crippen molar-refractivity contribution in [3.8, 4) is 11.5 Å². The number of hydrogen-bond acceptors (Lipinski definition) is 8. The number of aryl methyl sites for hydroxylation is 2. The second-order valence-electron chi connectivity index (χ2n) is 10.4. The Morgan fingerprint density at radius 1 is 0.625 bits per heavy atom. The van der Waals surface area contributed by atoms with Gasteiger partial charge < -0.3 is 36.4 Å². The molecule has 0 amide bonds. The number of aromatic hydroxyl groups is 2. The predicted octanol–water partition coefficient (Wildman–Crippen LogP) is 3.46. The number of nitrogens with two attached hydrogens (primary N) is 1. The van der Waals surface area contributed by atoms with Gasteiger partial charge in [-0.2, -0.15) is 0 Å². The molecule has 0 aliphatic heterocycles. The molecule has 40 heavy (non-hydrogen) atoms. The summed E-state index contributed by atoms with van der Waals surface area (Å²) in [6, 6.07) is 18.1. The van der Waals surface area contributed by atoms with E-state index in [0.29, 0.717) is 28.8 Å². The van der Waals surface area contributed by atoms with Gasteiger partial charge in [0.2, 0.25) is 0 Å². The maximum Gasteiger partial charge on any atom is 0.121 e. The summed E-state index contributed by atoms with van der Waals surface area (Å²) in [4.78, 5) is 1.99. The molecule has 3 aromatic rings. The van der Waals surface area contributed by atoms with Gasteiger partial charge in [0.25, 0.3) is 0 Å². The maximum atomic E-state index is 11.0. The molecule has 0 saturated carbocycles. The fourth-order valence-corrected chi connectivity index (χ4v) is 4.85. The molecule has 0 aliphatic rings. The number of rotatable bonds is 17. The third-order valence-corrected chi connectivity index (χ3v) is 7.31. The highest BCUT2D eigenvalue weighted by atomic mass is 16.3. The molecule has 0 heterocycles. The zero-order valence-corrected chi connectivity index (χ0v) is 23.1. The molecule has 0 saturated heterocycles. The summed E-state index contributed by atoms with van der Waals surface area (Å²) < 4.78 is 0.